The van der Waals surface area contributed by atoms with Crippen LogP contribution in [0.4, 0.5) is 0 Å². The van der Waals surface area contributed by atoms with Crippen molar-refractivity contribution in [1.29, 1.82) is 0 Å². The lowest BCUT2D eigenvalue weighted by Gasteiger charge is -2.11. The number of halogens is 2. The molecule has 4 heteroatoms. The largest absolute Gasteiger partial charge is 0.493 e. The second-order valence-electron chi connectivity index (χ2n) is 4.08. The Morgan fingerprint density at radius 2 is 2.31 bits per heavy atom. The molecule has 0 aliphatic carbocycles. The van der Waals surface area contributed by atoms with Gasteiger partial charge in [-0.15, -0.1) is 12.4 Å². The molecule has 1 atom stereocenters. The topological polar surface area (TPSA) is 21.3 Å². The van der Waals surface area contributed by atoms with Crippen molar-refractivity contribution in [1.82, 2.24) is 5.32 Å². The van der Waals surface area contributed by atoms with Gasteiger partial charge in [0.2, 0.25) is 0 Å². The second-order valence-corrected chi connectivity index (χ2v) is 4.49. The van der Waals surface area contributed by atoms with E-state index in [0.717, 1.165) is 36.0 Å². The number of hydrogen-bond donors (Lipinski definition) is 1. The van der Waals surface area contributed by atoms with Crippen molar-refractivity contribution in [3.8, 4) is 5.75 Å². The Kier molecular flexibility index (Phi) is 5.39. The molecule has 1 fully saturated rings. The average Bonchev–Trinajstić information content (AvgIpc) is 2.73. The quantitative estimate of drug-likeness (QED) is 0.903. The first-order chi connectivity index (χ1) is 7.25. The van der Waals surface area contributed by atoms with Crippen molar-refractivity contribution in [2.24, 2.45) is 5.92 Å². The second kappa shape index (κ2) is 6.33. The van der Waals surface area contributed by atoms with Gasteiger partial charge in [-0.1, -0.05) is 11.6 Å². The summed E-state index contributed by atoms with van der Waals surface area (Å²) < 4.78 is 5.73. The minimum Gasteiger partial charge on any atom is -0.493 e. The first kappa shape index (κ1) is 13.6. The monoisotopic (exact) mass is 261 g/mol. The number of hydrogen-bond acceptors (Lipinski definition) is 2. The van der Waals surface area contributed by atoms with E-state index >= 15 is 0 Å². The molecule has 1 aliphatic rings. The van der Waals surface area contributed by atoms with E-state index in [-0.39, 0.29) is 12.4 Å². The summed E-state index contributed by atoms with van der Waals surface area (Å²) in [6.07, 6.45) is 1.21. The van der Waals surface area contributed by atoms with E-state index in [0.29, 0.717) is 5.92 Å². The zero-order valence-corrected chi connectivity index (χ0v) is 10.9. The van der Waals surface area contributed by atoms with Gasteiger partial charge in [0.1, 0.15) is 5.75 Å². The van der Waals surface area contributed by atoms with Crippen LogP contribution in [0.15, 0.2) is 18.2 Å². The van der Waals surface area contributed by atoms with E-state index in [1.54, 1.807) is 0 Å². The Hall–Kier alpha value is -0.440. The van der Waals surface area contributed by atoms with E-state index < -0.39 is 0 Å². The van der Waals surface area contributed by atoms with Gasteiger partial charge in [-0.25, -0.2) is 0 Å². The Labute approximate surface area is 108 Å². The molecule has 2 nitrogen and oxygen atoms in total. The summed E-state index contributed by atoms with van der Waals surface area (Å²) >= 11 is 5.94. The van der Waals surface area contributed by atoms with Crippen molar-refractivity contribution in [2.75, 3.05) is 19.7 Å². The molecule has 1 heterocycles. The molecule has 0 spiro atoms. The molecule has 16 heavy (non-hydrogen) atoms. The van der Waals surface area contributed by atoms with E-state index in [1.807, 2.05) is 25.1 Å². The van der Waals surface area contributed by atoms with Crippen LogP contribution in [0.1, 0.15) is 12.0 Å². The van der Waals surface area contributed by atoms with E-state index in [2.05, 4.69) is 5.32 Å². The van der Waals surface area contributed by atoms with Crippen LogP contribution in [0.25, 0.3) is 0 Å². The summed E-state index contributed by atoms with van der Waals surface area (Å²) in [5.74, 6) is 1.57. The molecular formula is C12H17Cl2NO. The van der Waals surface area contributed by atoms with Gasteiger partial charge in [0, 0.05) is 17.5 Å². The number of aryl methyl sites for hydroxylation is 1. The first-order valence-corrected chi connectivity index (χ1v) is 5.73. The summed E-state index contributed by atoms with van der Waals surface area (Å²) in [7, 11) is 0. The molecule has 1 N–H and O–H groups in total. The molecular weight excluding hydrogens is 245 g/mol. The van der Waals surface area contributed by atoms with Crippen LogP contribution < -0.4 is 10.1 Å². The molecule has 1 aromatic carbocycles. The van der Waals surface area contributed by atoms with Crippen LogP contribution in [0.3, 0.4) is 0 Å². The summed E-state index contributed by atoms with van der Waals surface area (Å²) in [6.45, 7) is 4.99. The Morgan fingerprint density at radius 3 is 2.94 bits per heavy atom. The third kappa shape index (κ3) is 3.55. The van der Waals surface area contributed by atoms with E-state index in [4.69, 9.17) is 16.3 Å². The number of benzene rings is 1. The van der Waals surface area contributed by atoms with Crippen LogP contribution in [0.2, 0.25) is 5.02 Å². The van der Waals surface area contributed by atoms with Gasteiger partial charge >= 0.3 is 0 Å². The normalized spacial score (nSPS) is 19.2. The molecule has 0 saturated carbocycles. The van der Waals surface area contributed by atoms with Crippen molar-refractivity contribution >= 4 is 24.0 Å². The summed E-state index contributed by atoms with van der Waals surface area (Å²) in [5.41, 5.74) is 1.07. The highest BCUT2D eigenvalue weighted by molar-refractivity contribution is 6.31. The fourth-order valence-corrected chi connectivity index (χ4v) is 1.90. The van der Waals surface area contributed by atoms with Crippen LogP contribution in [0.5, 0.6) is 5.75 Å². The van der Waals surface area contributed by atoms with Crippen molar-refractivity contribution in [3.05, 3.63) is 28.8 Å². The van der Waals surface area contributed by atoms with Crippen molar-refractivity contribution in [3.63, 3.8) is 0 Å². The van der Waals surface area contributed by atoms with Gasteiger partial charge < -0.3 is 10.1 Å². The highest BCUT2D eigenvalue weighted by atomic mass is 35.5. The third-order valence-electron chi connectivity index (χ3n) is 2.78. The molecule has 0 aromatic heterocycles. The van der Waals surface area contributed by atoms with Crippen LogP contribution in [-0.2, 0) is 0 Å². The lowest BCUT2D eigenvalue weighted by atomic mass is 10.1. The zero-order chi connectivity index (χ0) is 10.7. The minimum atomic E-state index is 0. The lowest BCUT2D eigenvalue weighted by molar-refractivity contribution is 0.260. The number of nitrogens with one attached hydrogen (secondary N) is 1. The van der Waals surface area contributed by atoms with Gasteiger partial charge in [-0.05, 0) is 43.7 Å². The smallest absolute Gasteiger partial charge is 0.119 e. The Bertz CT molecular complexity index is 338. The molecule has 1 aromatic rings. The molecule has 90 valence electrons. The van der Waals surface area contributed by atoms with Crippen LogP contribution in [-0.4, -0.2) is 19.7 Å². The summed E-state index contributed by atoms with van der Waals surface area (Å²) in [4.78, 5) is 0. The lowest BCUT2D eigenvalue weighted by Crippen LogP contribution is -2.15. The molecule has 1 saturated heterocycles. The predicted molar refractivity (Wildman–Crippen MR) is 69.9 cm³/mol. The standard InChI is InChI=1S/C12H16ClNO.ClH/c1-9-6-11(2-3-12(9)13)15-8-10-4-5-14-7-10;/h2-3,6,10,14H,4-5,7-8H2,1H3;1H. The maximum Gasteiger partial charge on any atom is 0.119 e. The highest BCUT2D eigenvalue weighted by Crippen LogP contribution is 2.21. The summed E-state index contributed by atoms with van der Waals surface area (Å²) in [5, 5.41) is 4.12. The maximum atomic E-state index is 5.94. The molecule has 1 unspecified atom stereocenters. The third-order valence-corrected chi connectivity index (χ3v) is 3.20. The van der Waals surface area contributed by atoms with Crippen LogP contribution >= 0.6 is 24.0 Å². The Morgan fingerprint density at radius 1 is 1.50 bits per heavy atom. The Balaban J connectivity index is 0.00000128. The fraction of sp³-hybridized carbons (Fsp3) is 0.500. The van der Waals surface area contributed by atoms with E-state index in [9.17, 15) is 0 Å². The SMILES string of the molecule is Cc1cc(OCC2CCNC2)ccc1Cl.Cl. The maximum absolute atomic E-state index is 5.94. The fourth-order valence-electron chi connectivity index (χ4n) is 1.78. The number of ether oxygens (including phenoxy) is 1. The van der Waals surface area contributed by atoms with Crippen LogP contribution in [0, 0.1) is 12.8 Å². The first-order valence-electron chi connectivity index (χ1n) is 5.35. The molecule has 0 radical (unpaired) electrons. The van der Waals surface area contributed by atoms with Gasteiger partial charge in [-0.3, -0.25) is 0 Å². The van der Waals surface area contributed by atoms with Crippen molar-refractivity contribution in [2.45, 2.75) is 13.3 Å². The highest BCUT2D eigenvalue weighted by Gasteiger charge is 2.14. The van der Waals surface area contributed by atoms with Crippen molar-refractivity contribution < 1.29 is 4.74 Å². The minimum absolute atomic E-state index is 0. The molecule has 0 bridgehead atoms. The predicted octanol–water partition coefficient (Wildman–Crippen LogP) is 3.06. The van der Waals surface area contributed by atoms with E-state index in [1.165, 1.54) is 6.42 Å². The zero-order valence-electron chi connectivity index (χ0n) is 9.33. The molecule has 0 amide bonds. The van der Waals surface area contributed by atoms with Gasteiger partial charge in [0.15, 0.2) is 0 Å². The molecule has 2 rings (SSSR count). The molecule has 1 aliphatic heterocycles. The van der Waals surface area contributed by atoms with Gasteiger partial charge in [-0.2, -0.15) is 0 Å². The average molecular weight is 262 g/mol. The summed E-state index contributed by atoms with van der Waals surface area (Å²) in [6, 6.07) is 5.81. The number of rotatable bonds is 3. The van der Waals surface area contributed by atoms with Gasteiger partial charge in [0.25, 0.3) is 0 Å². The van der Waals surface area contributed by atoms with Gasteiger partial charge in [0.05, 0.1) is 6.61 Å².